The minimum atomic E-state index is -2.04. The van der Waals surface area contributed by atoms with Crippen molar-refractivity contribution < 1.29 is 119 Å². The van der Waals surface area contributed by atoms with Crippen LogP contribution in [0.1, 0.15) is 177 Å². The number of carbonyl (C=O) groups excluding carboxylic acids is 8. The summed E-state index contributed by atoms with van der Waals surface area (Å²) in [6.45, 7) is 13.5. The number of fused-ring (bicyclic) bond motifs is 4. The van der Waals surface area contributed by atoms with Gasteiger partial charge in [0.2, 0.25) is 0 Å². The third kappa shape index (κ3) is 21.7. The van der Waals surface area contributed by atoms with Gasteiger partial charge in [-0.05, 0) is 175 Å². The fourth-order valence-electron chi connectivity index (χ4n) is 21.0. The molecule has 17 unspecified atom stereocenters. The first kappa shape index (κ1) is 93.0. The molecule has 25 nitrogen and oxygen atoms in total. The normalized spacial score (nSPS) is 31.6. The number of hydrogen-bond donors (Lipinski definition) is 1. The molecule has 7 aliphatic rings. The zero-order chi connectivity index (χ0) is 89.6. The second kappa shape index (κ2) is 41.9. The SMILES string of the molecule is COC(=O)CCCC(C)(C)CC1CC(O)CC2(C)C1=CCC1C(CCC3C1(C)CC[C@H](O[C@@H]1OC(C(=O)OC)[C@@H](OC(C)=O)C(O[C@@H]4OC[C@@H](OC(=O)c5ccccc5)C(OC(=O)c5ccccc5)C4OC(=O)c4ccccc4)C1O[C@@H]1OC(COCc4ccccc4)[C@H](OCc4ccccc4)C(OCc4ccccc4)C1OC(=O)c1ccccc1)C3(C)C=O)C2C. The maximum atomic E-state index is 15.4. The molecule has 127 heavy (non-hydrogen) atoms. The number of ether oxygens (including phenoxy) is 16. The van der Waals surface area contributed by atoms with Crippen molar-refractivity contribution in [1.29, 1.82) is 0 Å². The summed E-state index contributed by atoms with van der Waals surface area (Å²) in [5.41, 5.74) is 1.44. The third-order valence-electron chi connectivity index (χ3n) is 27.5. The van der Waals surface area contributed by atoms with E-state index >= 15 is 19.2 Å². The highest BCUT2D eigenvalue weighted by molar-refractivity contribution is 5.92. The number of hydrogen-bond acceptors (Lipinski definition) is 25. The van der Waals surface area contributed by atoms with Crippen LogP contribution in [0.15, 0.2) is 224 Å². The number of benzene rings is 7. The number of allylic oxidation sites excluding steroid dienone is 2. The van der Waals surface area contributed by atoms with Gasteiger partial charge in [0.25, 0.3) is 0 Å². The lowest BCUT2D eigenvalue weighted by Crippen LogP contribution is -2.69. The summed E-state index contributed by atoms with van der Waals surface area (Å²) in [7, 11) is 2.51. The Bertz CT molecular complexity index is 4850. The first-order valence-corrected chi connectivity index (χ1v) is 44.3. The van der Waals surface area contributed by atoms with Gasteiger partial charge in [-0.15, -0.1) is 0 Å². The lowest BCUT2D eigenvalue weighted by Gasteiger charge is -2.62. The maximum absolute atomic E-state index is 15.4. The predicted octanol–water partition coefficient (Wildman–Crippen LogP) is 15.5. The monoisotopic (exact) mass is 1740 g/mol. The van der Waals surface area contributed by atoms with Crippen LogP contribution in [0.25, 0.3) is 0 Å². The Labute approximate surface area is 742 Å². The van der Waals surface area contributed by atoms with Crippen molar-refractivity contribution >= 4 is 48.1 Å². The topological polar surface area (TPSA) is 304 Å². The Morgan fingerprint density at radius 2 is 1.03 bits per heavy atom. The van der Waals surface area contributed by atoms with Gasteiger partial charge in [-0.2, -0.15) is 0 Å². The van der Waals surface area contributed by atoms with Gasteiger partial charge in [0.1, 0.15) is 36.8 Å². The zero-order valence-electron chi connectivity index (χ0n) is 73.5. The van der Waals surface area contributed by atoms with E-state index in [1.165, 1.54) is 49.1 Å². The molecule has 1 N–H and O–H groups in total. The van der Waals surface area contributed by atoms with Crippen molar-refractivity contribution in [3.63, 3.8) is 0 Å². The first-order valence-electron chi connectivity index (χ1n) is 44.3. The minimum Gasteiger partial charge on any atom is -0.469 e. The van der Waals surface area contributed by atoms with Gasteiger partial charge in [0.05, 0.1) is 87.1 Å². The van der Waals surface area contributed by atoms with E-state index in [-0.39, 0.29) is 101 Å². The van der Waals surface area contributed by atoms with Gasteiger partial charge in [-0.1, -0.05) is 217 Å². The van der Waals surface area contributed by atoms with Gasteiger partial charge < -0.3 is 85.7 Å². The van der Waals surface area contributed by atoms with Crippen LogP contribution in [0.5, 0.6) is 0 Å². The van der Waals surface area contributed by atoms with Crippen LogP contribution >= 0.6 is 0 Å². The Kier molecular flexibility index (Phi) is 30.7. The third-order valence-corrected chi connectivity index (χ3v) is 27.5. The lowest BCUT2D eigenvalue weighted by molar-refractivity contribution is -0.393. The molecule has 0 spiro atoms. The highest BCUT2D eigenvalue weighted by Gasteiger charge is 2.66. The van der Waals surface area contributed by atoms with Gasteiger partial charge in [-0.25, -0.2) is 24.0 Å². The fourth-order valence-corrected chi connectivity index (χ4v) is 21.0. The molecule has 25 heteroatoms. The van der Waals surface area contributed by atoms with Gasteiger partial charge in [-0.3, -0.25) is 9.59 Å². The number of rotatable bonds is 33. The van der Waals surface area contributed by atoms with Crippen molar-refractivity contribution in [2.75, 3.05) is 27.4 Å². The van der Waals surface area contributed by atoms with Crippen molar-refractivity contribution in [1.82, 2.24) is 0 Å². The smallest absolute Gasteiger partial charge is 0.339 e. The van der Waals surface area contributed by atoms with E-state index in [0.29, 0.717) is 50.5 Å². The predicted molar refractivity (Wildman–Crippen MR) is 462 cm³/mol. The van der Waals surface area contributed by atoms with E-state index in [4.69, 9.17) is 75.8 Å². The first-order chi connectivity index (χ1) is 61.3. The van der Waals surface area contributed by atoms with Gasteiger partial charge >= 0.3 is 41.8 Å². The molecule has 3 saturated heterocycles. The molecule has 7 aromatic carbocycles. The largest absolute Gasteiger partial charge is 0.469 e. The Balaban J connectivity index is 0.912. The Hall–Kier alpha value is -10.2. The van der Waals surface area contributed by atoms with E-state index in [1.807, 2.05) is 97.9 Å². The molecule has 0 amide bonds. The van der Waals surface area contributed by atoms with Crippen molar-refractivity contribution in [2.45, 2.75) is 237 Å². The number of aliphatic hydroxyl groups is 1. The standard InChI is InChI=1S/C102H118O25/c1-63-74-47-50-79-100(5,76(74)49-48-75-72(54-73(105)56-101(63,75)6)55-99(3,4)52-31-46-81(106)112-8)53-51-80(102(79,7)62-103)121-98-90(127-97-89(124-94(110)71-44-29-16-30-45-71)84(116-59-67-36-21-12-22-37-67)82(115-58-66-34-19-11-20-35-66)77(120-97)60-114-57-65-32-17-10-18-33-65)86(85(118-64(2)104)87(126-98)95(111)113-9)125-96-88(123-93(109)70-42-27-15-28-43-70)83(122-92(108)69-40-25-14-26-41-69)78(61-117-96)119-91(107)68-38-23-13-24-39-68/h10-30,32-45,48,62-63,72-74,76-80,82-90,96-98,105H,31,46-47,49-61H2,1-9H3/t63?,72?,73?,74?,76?,77?,78-,79?,80+,82+,83?,84?,85+,86?,87?,88?,89?,90?,96+,97+,98-,100?,101?,102?/m1/s1. The quantitative estimate of drug-likeness (QED) is 0.0131. The fraction of sp³-hybridized carbons (Fsp3) is 0.490. The van der Waals surface area contributed by atoms with Crippen LogP contribution in [0, 0.1) is 51.2 Å². The molecule has 0 bridgehead atoms. The number of aliphatic hydroxyl groups excluding tert-OH is 1. The average Bonchev–Trinajstić information content (AvgIpc) is 1.69. The number of aldehydes is 1. The summed E-state index contributed by atoms with van der Waals surface area (Å²) in [5, 5.41) is 12.0. The molecule has 3 aliphatic heterocycles. The Morgan fingerprint density at radius 1 is 0.535 bits per heavy atom. The van der Waals surface area contributed by atoms with E-state index in [1.54, 1.807) is 84.9 Å². The average molecular weight is 1740 g/mol. The zero-order valence-corrected chi connectivity index (χ0v) is 73.5. The molecule has 3 heterocycles. The summed E-state index contributed by atoms with van der Waals surface area (Å²) in [4.78, 5) is 117. The molecular weight excluding hydrogens is 1630 g/mol. The summed E-state index contributed by atoms with van der Waals surface area (Å²) >= 11 is 0. The number of esters is 7. The maximum Gasteiger partial charge on any atom is 0.339 e. The van der Waals surface area contributed by atoms with E-state index in [9.17, 15) is 24.3 Å². The summed E-state index contributed by atoms with van der Waals surface area (Å²) in [5.74, 6) is -6.07. The van der Waals surface area contributed by atoms with Crippen LogP contribution in [0.4, 0.5) is 0 Å². The van der Waals surface area contributed by atoms with E-state index in [2.05, 4.69) is 40.7 Å². The number of methoxy groups -OCH3 is 2. The molecule has 4 aliphatic carbocycles. The van der Waals surface area contributed by atoms with Crippen LogP contribution in [-0.2, 0) is 115 Å². The van der Waals surface area contributed by atoms with Crippen molar-refractivity contribution in [2.24, 2.45) is 51.2 Å². The molecule has 676 valence electrons. The van der Waals surface area contributed by atoms with E-state index < -0.39 is 151 Å². The molecular formula is C102H118O25. The van der Waals surface area contributed by atoms with Gasteiger partial charge in [0.15, 0.2) is 55.5 Å². The molecule has 6 fully saturated rings. The summed E-state index contributed by atoms with van der Waals surface area (Å²) < 4.78 is 108. The van der Waals surface area contributed by atoms with Crippen LogP contribution in [-0.4, -0.2) is 179 Å². The minimum absolute atomic E-state index is 0.00700. The number of carbonyl (C=O) groups is 8. The van der Waals surface area contributed by atoms with E-state index in [0.717, 1.165) is 50.7 Å². The van der Waals surface area contributed by atoms with Crippen LogP contribution < -0.4 is 0 Å². The van der Waals surface area contributed by atoms with Crippen LogP contribution in [0.3, 0.4) is 0 Å². The lowest BCUT2D eigenvalue weighted by atomic mass is 9.43. The van der Waals surface area contributed by atoms with Crippen molar-refractivity contribution in [3.05, 3.63) is 263 Å². The summed E-state index contributed by atoms with van der Waals surface area (Å²) in [6, 6.07) is 60.2. The van der Waals surface area contributed by atoms with Crippen molar-refractivity contribution in [3.8, 4) is 0 Å². The molecule has 14 rings (SSSR count). The van der Waals surface area contributed by atoms with Crippen LogP contribution in [0.2, 0.25) is 0 Å². The second-order valence-electron chi connectivity index (χ2n) is 36.3. The van der Waals surface area contributed by atoms with Gasteiger partial charge in [0, 0.05) is 13.3 Å². The molecule has 0 aromatic heterocycles. The molecule has 7 aromatic rings. The Morgan fingerprint density at radius 3 is 1.56 bits per heavy atom. The molecule has 3 saturated carbocycles. The highest BCUT2D eigenvalue weighted by atomic mass is 16.8. The second-order valence-corrected chi connectivity index (χ2v) is 36.3. The molecule has 24 atom stereocenters. The highest BCUT2D eigenvalue weighted by Crippen LogP contribution is 2.67. The summed E-state index contributed by atoms with van der Waals surface area (Å²) in [6.07, 6.45) is -16.6. The molecule has 0 radical (unpaired) electrons.